The highest BCUT2D eigenvalue weighted by Gasteiger charge is 2.13. The summed E-state index contributed by atoms with van der Waals surface area (Å²) in [5.41, 5.74) is 2.64. The predicted octanol–water partition coefficient (Wildman–Crippen LogP) is 4.75. The third kappa shape index (κ3) is 5.43. The van der Waals surface area contributed by atoms with Crippen LogP contribution in [0.4, 0.5) is 10.1 Å². The van der Waals surface area contributed by atoms with E-state index in [9.17, 15) is 19.2 Å². The zero-order valence-electron chi connectivity index (χ0n) is 16.8. The largest absolute Gasteiger partial charge is 0.465 e. The first-order valence-corrected chi connectivity index (χ1v) is 9.44. The molecule has 0 unspecified atom stereocenters. The fourth-order valence-corrected chi connectivity index (χ4v) is 2.99. The number of carbonyl (C=O) groups excluding carboxylic acids is 2. The van der Waals surface area contributed by atoms with Crippen molar-refractivity contribution in [3.63, 3.8) is 0 Å². The summed E-state index contributed by atoms with van der Waals surface area (Å²) in [5, 5.41) is 12.1. The van der Waals surface area contributed by atoms with Gasteiger partial charge in [-0.2, -0.15) is 5.26 Å². The lowest BCUT2D eigenvalue weighted by Gasteiger charge is -2.09. The Kier molecular flexibility index (Phi) is 6.92. The standard InChI is InChI=1S/C25H19FN2O3/c1-31-25(30)17-10-12-22(13-11-17)28-24(29)21(16-27)15-19-7-3-2-6-18(19)14-20-8-4-5-9-23(20)26/h2-13,15H,14H2,1H3,(H,28,29)/b21-15+. The van der Waals surface area contributed by atoms with Gasteiger partial charge in [0.25, 0.3) is 5.91 Å². The van der Waals surface area contributed by atoms with Crippen molar-refractivity contribution < 1.29 is 18.7 Å². The monoisotopic (exact) mass is 414 g/mol. The number of halogens is 1. The van der Waals surface area contributed by atoms with E-state index in [0.717, 1.165) is 5.56 Å². The summed E-state index contributed by atoms with van der Waals surface area (Å²) in [5.74, 6) is -1.38. The van der Waals surface area contributed by atoms with Crippen molar-refractivity contribution in [3.05, 3.63) is 106 Å². The number of anilines is 1. The number of nitrogens with one attached hydrogen (secondary N) is 1. The average molecular weight is 414 g/mol. The molecule has 31 heavy (non-hydrogen) atoms. The van der Waals surface area contributed by atoms with Crippen LogP contribution in [0.3, 0.4) is 0 Å². The second-order valence-electron chi connectivity index (χ2n) is 6.66. The van der Waals surface area contributed by atoms with E-state index in [1.54, 1.807) is 42.5 Å². The summed E-state index contributed by atoms with van der Waals surface area (Å²) in [4.78, 5) is 24.1. The number of carbonyl (C=O) groups is 2. The molecular weight excluding hydrogens is 395 g/mol. The molecule has 0 radical (unpaired) electrons. The maximum absolute atomic E-state index is 14.0. The van der Waals surface area contributed by atoms with Gasteiger partial charge in [0.1, 0.15) is 17.5 Å². The minimum absolute atomic E-state index is 0.0990. The van der Waals surface area contributed by atoms with Gasteiger partial charge in [0, 0.05) is 12.1 Å². The Morgan fingerprint density at radius 2 is 1.65 bits per heavy atom. The molecule has 0 aliphatic carbocycles. The maximum Gasteiger partial charge on any atom is 0.337 e. The summed E-state index contributed by atoms with van der Waals surface area (Å²) in [6.07, 6.45) is 1.81. The number of hydrogen-bond donors (Lipinski definition) is 1. The highest BCUT2D eigenvalue weighted by molar-refractivity contribution is 6.09. The van der Waals surface area contributed by atoms with Gasteiger partial charge in [0.15, 0.2) is 0 Å². The first-order valence-electron chi connectivity index (χ1n) is 9.44. The normalized spacial score (nSPS) is 10.8. The number of hydrogen-bond acceptors (Lipinski definition) is 4. The lowest BCUT2D eigenvalue weighted by atomic mass is 9.98. The maximum atomic E-state index is 14.0. The number of nitriles is 1. The molecule has 0 aliphatic heterocycles. The van der Waals surface area contributed by atoms with Crippen LogP contribution >= 0.6 is 0 Å². The van der Waals surface area contributed by atoms with E-state index in [-0.39, 0.29) is 11.4 Å². The Labute approximate surface area is 179 Å². The van der Waals surface area contributed by atoms with Gasteiger partial charge < -0.3 is 10.1 Å². The van der Waals surface area contributed by atoms with Crippen LogP contribution in [0.1, 0.15) is 27.0 Å². The van der Waals surface area contributed by atoms with Crippen molar-refractivity contribution in [1.29, 1.82) is 5.26 Å². The van der Waals surface area contributed by atoms with Crippen molar-refractivity contribution in [2.45, 2.75) is 6.42 Å². The zero-order valence-corrected chi connectivity index (χ0v) is 16.8. The van der Waals surface area contributed by atoms with Gasteiger partial charge in [-0.3, -0.25) is 4.79 Å². The lowest BCUT2D eigenvalue weighted by Crippen LogP contribution is -2.13. The summed E-state index contributed by atoms with van der Waals surface area (Å²) in [7, 11) is 1.28. The van der Waals surface area contributed by atoms with Crippen LogP contribution in [0.25, 0.3) is 6.08 Å². The Hall–Kier alpha value is -4.24. The molecule has 0 aliphatic rings. The molecule has 0 saturated carbocycles. The van der Waals surface area contributed by atoms with Gasteiger partial charge >= 0.3 is 5.97 Å². The Morgan fingerprint density at radius 3 is 2.29 bits per heavy atom. The molecule has 0 spiro atoms. The van der Waals surface area contributed by atoms with Gasteiger partial charge in [0.2, 0.25) is 0 Å². The number of esters is 1. The minimum Gasteiger partial charge on any atom is -0.465 e. The number of benzene rings is 3. The van der Waals surface area contributed by atoms with E-state index in [4.69, 9.17) is 0 Å². The molecule has 0 saturated heterocycles. The van der Waals surface area contributed by atoms with Crippen LogP contribution < -0.4 is 5.32 Å². The minimum atomic E-state index is -0.589. The Balaban J connectivity index is 1.82. The van der Waals surface area contributed by atoms with Crippen LogP contribution in [0.2, 0.25) is 0 Å². The smallest absolute Gasteiger partial charge is 0.337 e. The molecule has 0 bridgehead atoms. The van der Waals surface area contributed by atoms with Gasteiger partial charge in [0.05, 0.1) is 12.7 Å². The molecule has 0 atom stereocenters. The molecule has 0 fully saturated rings. The average Bonchev–Trinajstić information content (AvgIpc) is 2.79. The van der Waals surface area contributed by atoms with Gasteiger partial charge in [-0.05, 0) is 53.1 Å². The van der Waals surface area contributed by atoms with Crippen molar-refractivity contribution in [1.82, 2.24) is 0 Å². The summed E-state index contributed by atoms with van der Waals surface area (Å²) in [6.45, 7) is 0. The van der Waals surface area contributed by atoms with Crippen molar-refractivity contribution in [3.8, 4) is 6.07 Å². The SMILES string of the molecule is COC(=O)c1ccc(NC(=O)/C(C#N)=C/c2ccccc2Cc2ccccc2F)cc1. The molecule has 3 aromatic carbocycles. The van der Waals surface area contributed by atoms with Crippen molar-refractivity contribution in [2.24, 2.45) is 0 Å². The molecule has 3 aromatic rings. The highest BCUT2D eigenvalue weighted by Crippen LogP contribution is 2.20. The van der Waals surface area contributed by atoms with Crippen LogP contribution in [0.5, 0.6) is 0 Å². The number of methoxy groups -OCH3 is 1. The molecule has 0 heterocycles. The van der Waals surface area contributed by atoms with Crippen molar-refractivity contribution in [2.75, 3.05) is 12.4 Å². The molecule has 6 heteroatoms. The molecule has 1 amide bonds. The van der Waals surface area contributed by atoms with Gasteiger partial charge in [-0.1, -0.05) is 42.5 Å². The first-order chi connectivity index (χ1) is 15.0. The fraction of sp³-hybridized carbons (Fsp3) is 0.0800. The predicted molar refractivity (Wildman–Crippen MR) is 116 cm³/mol. The fourth-order valence-electron chi connectivity index (χ4n) is 2.99. The number of amides is 1. The summed E-state index contributed by atoms with van der Waals surface area (Å²) < 4.78 is 18.7. The first kappa shape index (κ1) is 21.5. The van der Waals surface area contributed by atoms with E-state index in [0.29, 0.717) is 28.8 Å². The second-order valence-corrected chi connectivity index (χ2v) is 6.66. The number of ether oxygens (including phenoxy) is 1. The summed E-state index contributed by atoms with van der Waals surface area (Å²) in [6, 6.07) is 21.7. The van der Waals surface area contributed by atoms with E-state index in [1.807, 2.05) is 18.2 Å². The van der Waals surface area contributed by atoms with Crippen LogP contribution in [-0.2, 0) is 16.0 Å². The van der Waals surface area contributed by atoms with Crippen molar-refractivity contribution >= 4 is 23.6 Å². The molecule has 5 nitrogen and oxygen atoms in total. The van der Waals surface area contributed by atoms with Gasteiger partial charge in [-0.25, -0.2) is 9.18 Å². The molecule has 3 rings (SSSR count). The Morgan fingerprint density at radius 1 is 1.00 bits per heavy atom. The van der Waals surface area contributed by atoms with Crippen LogP contribution in [0.15, 0.2) is 78.4 Å². The van der Waals surface area contributed by atoms with Gasteiger partial charge in [-0.15, -0.1) is 0 Å². The number of nitrogens with zero attached hydrogens (tertiary/aromatic N) is 1. The topological polar surface area (TPSA) is 79.2 Å². The van der Waals surface area contributed by atoms with Crippen LogP contribution in [-0.4, -0.2) is 19.0 Å². The second kappa shape index (κ2) is 9.99. The van der Waals surface area contributed by atoms with E-state index in [1.165, 1.54) is 31.4 Å². The molecular formula is C25H19FN2O3. The Bertz CT molecular complexity index is 1180. The molecule has 154 valence electrons. The third-order valence-corrected chi connectivity index (χ3v) is 4.62. The van der Waals surface area contributed by atoms with E-state index >= 15 is 0 Å². The summed E-state index contributed by atoms with van der Waals surface area (Å²) >= 11 is 0. The number of rotatable bonds is 6. The van der Waals surface area contributed by atoms with E-state index in [2.05, 4.69) is 10.1 Å². The van der Waals surface area contributed by atoms with Crippen LogP contribution in [0, 0.1) is 17.1 Å². The quantitative estimate of drug-likeness (QED) is 0.359. The van der Waals surface area contributed by atoms with E-state index < -0.39 is 11.9 Å². The highest BCUT2D eigenvalue weighted by atomic mass is 19.1. The molecule has 0 aromatic heterocycles. The zero-order chi connectivity index (χ0) is 22.2. The lowest BCUT2D eigenvalue weighted by molar-refractivity contribution is -0.112. The third-order valence-electron chi connectivity index (χ3n) is 4.62. The molecule has 1 N–H and O–H groups in total.